The van der Waals surface area contributed by atoms with Gasteiger partial charge in [-0.25, -0.2) is 0 Å². The van der Waals surface area contributed by atoms with Crippen LogP contribution in [0, 0.1) is 0 Å². The van der Waals surface area contributed by atoms with Gasteiger partial charge >= 0.3 is 0 Å². The SMILES string of the molecule is CCCCCC(C)(N)COC. The molecule has 0 aliphatic heterocycles. The molecule has 0 aromatic heterocycles. The Kier molecular flexibility index (Phi) is 5.51. The second-order valence-electron chi connectivity index (χ2n) is 3.54. The Labute approximate surface area is 70.1 Å². The lowest BCUT2D eigenvalue weighted by atomic mass is 9.97. The van der Waals surface area contributed by atoms with E-state index in [4.69, 9.17) is 10.5 Å². The van der Waals surface area contributed by atoms with Crippen molar-refractivity contribution in [1.29, 1.82) is 0 Å². The summed E-state index contributed by atoms with van der Waals surface area (Å²) in [6, 6.07) is 0. The lowest BCUT2D eigenvalue weighted by Crippen LogP contribution is -2.40. The van der Waals surface area contributed by atoms with E-state index in [-0.39, 0.29) is 5.54 Å². The van der Waals surface area contributed by atoms with Crippen molar-refractivity contribution in [1.82, 2.24) is 0 Å². The Morgan fingerprint density at radius 1 is 1.36 bits per heavy atom. The molecule has 1 unspecified atom stereocenters. The fourth-order valence-electron chi connectivity index (χ4n) is 1.18. The Morgan fingerprint density at radius 3 is 2.45 bits per heavy atom. The number of hydrogen-bond acceptors (Lipinski definition) is 2. The standard InChI is InChI=1S/C9H21NO/c1-4-5-6-7-9(2,10)8-11-3/h4-8,10H2,1-3H3. The minimum absolute atomic E-state index is 0.121. The fourth-order valence-corrected chi connectivity index (χ4v) is 1.18. The third-order valence-electron chi connectivity index (χ3n) is 1.83. The van der Waals surface area contributed by atoms with Crippen LogP contribution in [0.25, 0.3) is 0 Å². The molecular weight excluding hydrogens is 138 g/mol. The smallest absolute Gasteiger partial charge is 0.0639 e. The minimum atomic E-state index is -0.121. The van der Waals surface area contributed by atoms with Crippen molar-refractivity contribution >= 4 is 0 Å². The third-order valence-corrected chi connectivity index (χ3v) is 1.83. The first kappa shape index (κ1) is 10.9. The van der Waals surface area contributed by atoms with E-state index in [0.717, 1.165) is 6.42 Å². The Morgan fingerprint density at radius 2 is 2.00 bits per heavy atom. The highest BCUT2D eigenvalue weighted by atomic mass is 16.5. The van der Waals surface area contributed by atoms with Crippen LogP contribution in [0.3, 0.4) is 0 Å². The zero-order chi connectivity index (χ0) is 8.74. The molecule has 0 spiro atoms. The number of methoxy groups -OCH3 is 1. The van der Waals surface area contributed by atoms with Gasteiger partial charge < -0.3 is 10.5 Å². The molecule has 0 radical (unpaired) electrons. The fraction of sp³-hybridized carbons (Fsp3) is 1.00. The van der Waals surface area contributed by atoms with E-state index in [1.165, 1.54) is 19.3 Å². The van der Waals surface area contributed by atoms with Crippen LogP contribution in [-0.4, -0.2) is 19.3 Å². The quantitative estimate of drug-likeness (QED) is 0.601. The molecule has 0 fully saturated rings. The normalized spacial score (nSPS) is 16.4. The molecule has 0 aliphatic carbocycles. The van der Waals surface area contributed by atoms with Gasteiger partial charge in [0.05, 0.1) is 6.61 Å². The van der Waals surface area contributed by atoms with Gasteiger partial charge in [-0.15, -0.1) is 0 Å². The summed E-state index contributed by atoms with van der Waals surface area (Å²) in [5.41, 5.74) is 5.82. The highest BCUT2D eigenvalue weighted by molar-refractivity contribution is 4.77. The Bertz CT molecular complexity index is 91.6. The largest absolute Gasteiger partial charge is 0.383 e. The van der Waals surface area contributed by atoms with Gasteiger partial charge in [0, 0.05) is 12.6 Å². The summed E-state index contributed by atoms with van der Waals surface area (Å²) < 4.78 is 5.01. The number of rotatable bonds is 6. The Balaban J connectivity index is 3.38. The van der Waals surface area contributed by atoms with Gasteiger partial charge in [0.25, 0.3) is 0 Å². The first-order chi connectivity index (χ1) is 5.12. The maximum atomic E-state index is 5.94. The summed E-state index contributed by atoms with van der Waals surface area (Å²) in [5, 5.41) is 0. The highest BCUT2D eigenvalue weighted by Gasteiger charge is 2.16. The van der Waals surface area contributed by atoms with Crippen molar-refractivity contribution in [2.24, 2.45) is 5.73 Å². The molecule has 0 amide bonds. The molecule has 0 saturated heterocycles. The topological polar surface area (TPSA) is 35.2 Å². The van der Waals surface area contributed by atoms with Crippen LogP contribution in [0.15, 0.2) is 0 Å². The minimum Gasteiger partial charge on any atom is -0.383 e. The molecule has 11 heavy (non-hydrogen) atoms. The molecule has 0 aliphatic rings. The maximum Gasteiger partial charge on any atom is 0.0639 e. The summed E-state index contributed by atoms with van der Waals surface area (Å²) in [6.07, 6.45) is 4.81. The van der Waals surface area contributed by atoms with Crippen molar-refractivity contribution in [2.45, 2.75) is 45.1 Å². The van der Waals surface area contributed by atoms with E-state index in [1.807, 2.05) is 6.92 Å². The van der Waals surface area contributed by atoms with Crippen LogP contribution < -0.4 is 5.73 Å². The first-order valence-corrected chi connectivity index (χ1v) is 4.40. The van der Waals surface area contributed by atoms with Crippen molar-refractivity contribution in [2.75, 3.05) is 13.7 Å². The molecule has 68 valence electrons. The van der Waals surface area contributed by atoms with Gasteiger partial charge in [-0.05, 0) is 13.3 Å². The second kappa shape index (κ2) is 5.56. The molecule has 2 nitrogen and oxygen atoms in total. The van der Waals surface area contributed by atoms with E-state index in [2.05, 4.69) is 6.92 Å². The summed E-state index contributed by atoms with van der Waals surface area (Å²) in [5.74, 6) is 0. The zero-order valence-corrected chi connectivity index (χ0v) is 8.02. The van der Waals surface area contributed by atoms with Crippen molar-refractivity contribution in [3.8, 4) is 0 Å². The molecular formula is C9H21NO. The number of nitrogens with two attached hydrogens (primary N) is 1. The predicted octanol–water partition coefficient (Wildman–Crippen LogP) is 1.93. The monoisotopic (exact) mass is 159 g/mol. The Hall–Kier alpha value is -0.0800. The number of unbranched alkanes of at least 4 members (excludes halogenated alkanes) is 2. The van der Waals surface area contributed by atoms with Crippen LogP contribution in [0.5, 0.6) is 0 Å². The van der Waals surface area contributed by atoms with Gasteiger partial charge in [-0.1, -0.05) is 26.2 Å². The van der Waals surface area contributed by atoms with Gasteiger partial charge in [0.1, 0.15) is 0 Å². The third kappa shape index (κ3) is 6.32. The van der Waals surface area contributed by atoms with E-state index in [9.17, 15) is 0 Å². The van der Waals surface area contributed by atoms with Gasteiger partial charge in [0.15, 0.2) is 0 Å². The average molecular weight is 159 g/mol. The second-order valence-corrected chi connectivity index (χ2v) is 3.54. The summed E-state index contributed by atoms with van der Waals surface area (Å²) >= 11 is 0. The molecule has 1 atom stereocenters. The van der Waals surface area contributed by atoms with E-state index in [1.54, 1.807) is 7.11 Å². The summed E-state index contributed by atoms with van der Waals surface area (Å²) in [6.45, 7) is 4.91. The molecule has 0 bridgehead atoms. The van der Waals surface area contributed by atoms with E-state index >= 15 is 0 Å². The average Bonchev–Trinajstić information content (AvgIpc) is 1.87. The van der Waals surface area contributed by atoms with Gasteiger partial charge in [0.2, 0.25) is 0 Å². The van der Waals surface area contributed by atoms with Crippen LogP contribution in [0.4, 0.5) is 0 Å². The molecule has 0 rings (SSSR count). The maximum absolute atomic E-state index is 5.94. The summed E-state index contributed by atoms with van der Waals surface area (Å²) in [4.78, 5) is 0. The predicted molar refractivity (Wildman–Crippen MR) is 48.6 cm³/mol. The van der Waals surface area contributed by atoms with E-state index < -0.39 is 0 Å². The molecule has 0 aromatic carbocycles. The van der Waals surface area contributed by atoms with Crippen LogP contribution in [0.1, 0.15) is 39.5 Å². The summed E-state index contributed by atoms with van der Waals surface area (Å²) in [7, 11) is 1.70. The van der Waals surface area contributed by atoms with Crippen LogP contribution in [0.2, 0.25) is 0 Å². The number of hydrogen-bond donors (Lipinski definition) is 1. The molecule has 0 heterocycles. The molecule has 0 aromatic rings. The van der Waals surface area contributed by atoms with Crippen molar-refractivity contribution in [3.05, 3.63) is 0 Å². The van der Waals surface area contributed by atoms with Crippen molar-refractivity contribution < 1.29 is 4.74 Å². The lowest BCUT2D eigenvalue weighted by Gasteiger charge is -2.23. The zero-order valence-electron chi connectivity index (χ0n) is 8.02. The highest BCUT2D eigenvalue weighted by Crippen LogP contribution is 2.11. The lowest BCUT2D eigenvalue weighted by molar-refractivity contribution is 0.134. The van der Waals surface area contributed by atoms with E-state index in [0.29, 0.717) is 6.61 Å². The van der Waals surface area contributed by atoms with Crippen LogP contribution >= 0.6 is 0 Å². The molecule has 0 saturated carbocycles. The van der Waals surface area contributed by atoms with Gasteiger partial charge in [-0.3, -0.25) is 0 Å². The van der Waals surface area contributed by atoms with Crippen molar-refractivity contribution in [3.63, 3.8) is 0 Å². The van der Waals surface area contributed by atoms with Gasteiger partial charge in [-0.2, -0.15) is 0 Å². The molecule has 2 N–H and O–H groups in total. The molecule has 2 heteroatoms. The number of ether oxygens (including phenoxy) is 1. The van der Waals surface area contributed by atoms with Crippen LogP contribution in [-0.2, 0) is 4.74 Å². The first-order valence-electron chi connectivity index (χ1n) is 4.40.